The van der Waals surface area contributed by atoms with Gasteiger partial charge < -0.3 is 5.73 Å². The van der Waals surface area contributed by atoms with Gasteiger partial charge in [-0.25, -0.2) is 4.98 Å². The SMILES string of the molecule is CN=CC=C(N)c1cnc(C)s1. The average molecular weight is 181 g/mol. The first kappa shape index (κ1) is 8.93. The lowest BCUT2D eigenvalue weighted by Gasteiger charge is -1.91. The van der Waals surface area contributed by atoms with E-state index in [-0.39, 0.29) is 0 Å². The summed E-state index contributed by atoms with van der Waals surface area (Å²) in [6, 6.07) is 0. The third kappa shape index (κ3) is 2.17. The van der Waals surface area contributed by atoms with Gasteiger partial charge in [-0.15, -0.1) is 11.3 Å². The molecule has 1 aromatic heterocycles. The van der Waals surface area contributed by atoms with E-state index in [1.165, 1.54) is 0 Å². The zero-order valence-electron chi connectivity index (χ0n) is 7.11. The van der Waals surface area contributed by atoms with Crippen molar-refractivity contribution in [3.63, 3.8) is 0 Å². The summed E-state index contributed by atoms with van der Waals surface area (Å²) >= 11 is 1.58. The minimum atomic E-state index is 0.714. The van der Waals surface area contributed by atoms with E-state index in [9.17, 15) is 0 Å². The molecule has 2 N–H and O–H groups in total. The number of allylic oxidation sites excluding steroid dienone is 1. The molecule has 0 amide bonds. The molecule has 0 aliphatic rings. The molecule has 3 nitrogen and oxygen atoms in total. The molecule has 0 aliphatic carbocycles. The second kappa shape index (κ2) is 4.01. The van der Waals surface area contributed by atoms with Gasteiger partial charge in [-0.05, 0) is 13.0 Å². The van der Waals surface area contributed by atoms with E-state index in [4.69, 9.17) is 5.73 Å². The summed E-state index contributed by atoms with van der Waals surface area (Å²) < 4.78 is 0. The van der Waals surface area contributed by atoms with Crippen LogP contribution >= 0.6 is 11.3 Å². The summed E-state index contributed by atoms with van der Waals surface area (Å²) in [5.74, 6) is 0. The van der Waals surface area contributed by atoms with Crippen LogP contribution in [0.3, 0.4) is 0 Å². The van der Waals surface area contributed by atoms with Crippen molar-refractivity contribution in [2.24, 2.45) is 10.7 Å². The summed E-state index contributed by atoms with van der Waals surface area (Å²) in [6.45, 7) is 1.95. The van der Waals surface area contributed by atoms with Crippen molar-refractivity contribution in [1.29, 1.82) is 0 Å². The quantitative estimate of drug-likeness (QED) is 0.702. The van der Waals surface area contributed by atoms with E-state index in [0.29, 0.717) is 5.70 Å². The molecule has 0 atom stereocenters. The lowest BCUT2D eigenvalue weighted by atomic mass is 10.4. The molecule has 1 heterocycles. The van der Waals surface area contributed by atoms with Crippen molar-refractivity contribution < 1.29 is 0 Å². The second-order valence-corrected chi connectivity index (χ2v) is 3.51. The summed E-state index contributed by atoms with van der Waals surface area (Å²) in [4.78, 5) is 8.90. The minimum Gasteiger partial charge on any atom is -0.397 e. The van der Waals surface area contributed by atoms with Crippen molar-refractivity contribution in [1.82, 2.24) is 4.98 Å². The van der Waals surface area contributed by atoms with E-state index >= 15 is 0 Å². The van der Waals surface area contributed by atoms with Crippen LogP contribution in [0, 0.1) is 6.92 Å². The Bertz CT molecular complexity index is 312. The lowest BCUT2D eigenvalue weighted by Crippen LogP contribution is -1.93. The highest BCUT2D eigenvalue weighted by atomic mass is 32.1. The number of aliphatic imine (C=N–C) groups is 1. The molecule has 0 saturated carbocycles. The monoisotopic (exact) mass is 181 g/mol. The number of thiazole rings is 1. The summed E-state index contributed by atoms with van der Waals surface area (Å²) in [7, 11) is 1.71. The van der Waals surface area contributed by atoms with Gasteiger partial charge in [-0.2, -0.15) is 0 Å². The van der Waals surface area contributed by atoms with Crippen LogP contribution in [0.5, 0.6) is 0 Å². The number of hydrogen-bond donors (Lipinski definition) is 1. The van der Waals surface area contributed by atoms with Gasteiger partial charge in [0, 0.05) is 19.5 Å². The fourth-order valence-electron chi connectivity index (χ4n) is 0.732. The smallest absolute Gasteiger partial charge is 0.0901 e. The zero-order chi connectivity index (χ0) is 8.97. The molecule has 0 saturated heterocycles. The van der Waals surface area contributed by atoms with E-state index in [0.717, 1.165) is 9.88 Å². The molecule has 1 aromatic rings. The highest BCUT2D eigenvalue weighted by molar-refractivity contribution is 7.12. The van der Waals surface area contributed by atoms with Gasteiger partial charge in [0.1, 0.15) is 0 Å². The predicted octanol–water partition coefficient (Wildman–Crippen LogP) is 1.45. The van der Waals surface area contributed by atoms with E-state index in [1.54, 1.807) is 36.9 Å². The lowest BCUT2D eigenvalue weighted by molar-refractivity contribution is 1.29. The maximum atomic E-state index is 5.73. The Morgan fingerprint density at radius 2 is 2.50 bits per heavy atom. The van der Waals surface area contributed by atoms with Crippen molar-refractivity contribution in [3.8, 4) is 0 Å². The van der Waals surface area contributed by atoms with Crippen LogP contribution in [0.25, 0.3) is 5.70 Å². The maximum Gasteiger partial charge on any atom is 0.0901 e. The van der Waals surface area contributed by atoms with Crippen LogP contribution < -0.4 is 5.73 Å². The Morgan fingerprint density at radius 1 is 1.75 bits per heavy atom. The Hall–Kier alpha value is -1.16. The molecule has 64 valence electrons. The van der Waals surface area contributed by atoms with Crippen LogP contribution in [-0.4, -0.2) is 18.2 Å². The first-order valence-corrected chi connectivity index (χ1v) is 4.36. The van der Waals surface area contributed by atoms with Gasteiger partial charge in [0.15, 0.2) is 0 Å². The average Bonchev–Trinajstić information content (AvgIpc) is 2.47. The molecule has 0 aliphatic heterocycles. The number of aryl methyl sites for hydroxylation is 1. The van der Waals surface area contributed by atoms with E-state index in [2.05, 4.69) is 9.98 Å². The molecule has 0 unspecified atom stereocenters. The Kier molecular flexibility index (Phi) is 2.99. The van der Waals surface area contributed by atoms with Gasteiger partial charge in [0.25, 0.3) is 0 Å². The van der Waals surface area contributed by atoms with E-state index in [1.807, 2.05) is 6.92 Å². The first-order chi connectivity index (χ1) is 5.74. The number of hydrogen-bond acceptors (Lipinski definition) is 4. The largest absolute Gasteiger partial charge is 0.397 e. The number of nitrogens with two attached hydrogens (primary N) is 1. The van der Waals surface area contributed by atoms with Gasteiger partial charge in [0.05, 0.1) is 15.6 Å². The molecular formula is C8H11N3S. The summed E-state index contributed by atoms with van der Waals surface area (Å²) in [5, 5.41) is 1.02. The minimum absolute atomic E-state index is 0.714. The van der Waals surface area contributed by atoms with Crippen LogP contribution in [0.4, 0.5) is 0 Å². The van der Waals surface area contributed by atoms with Crippen molar-refractivity contribution >= 4 is 23.2 Å². The Labute approximate surface area is 75.7 Å². The number of rotatable bonds is 2. The topological polar surface area (TPSA) is 51.3 Å². The van der Waals surface area contributed by atoms with Crippen LogP contribution in [0.2, 0.25) is 0 Å². The molecule has 0 aromatic carbocycles. The van der Waals surface area contributed by atoms with Crippen LogP contribution in [0.15, 0.2) is 17.3 Å². The van der Waals surface area contributed by atoms with E-state index < -0.39 is 0 Å². The fourth-order valence-corrected chi connectivity index (χ4v) is 1.45. The molecule has 0 radical (unpaired) electrons. The first-order valence-electron chi connectivity index (χ1n) is 3.54. The molecule has 0 fully saturated rings. The highest BCUT2D eigenvalue weighted by Gasteiger charge is 1.98. The number of nitrogens with zero attached hydrogens (tertiary/aromatic N) is 2. The highest BCUT2D eigenvalue weighted by Crippen LogP contribution is 2.16. The fraction of sp³-hybridized carbons (Fsp3) is 0.250. The Balaban J connectivity index is 2.84. The third-order valence-electron chi connectivity index (χ3n) is 1.31. The van der Waals surface area contributed by atoms with Gasteiger partial charge >= 0.3 is 0 Å². The van der Waals surface area contributed by atoms with Crippen LogP contribution in [0.1, 0.15) is 9.88 Å². The number of aromatic nitrogens is 1. The van der Waals surface area contributed by atoms with Gasteiger partial charge in [0.2, 0.25) is 0 Å². The predicted molar refractivity (Wildman–Crippen MR) is 53.4 cm³/mol. The standard InChI is InChI=1S/C8H11N3S/c1-6-11-5-8(12-6)7(9)3-4-10-2/h3-5H,9H2,1-2H3. The van der Waals surface area contributed by atoms with Crippen LogP contribution in [-0.2, 0) is 0 Å². The molecule has 1 rings (SSSR count). The van der Waals surface area contributed by atoms with Gasteiger partial charge in [-0.1, -0.05) is 0 Å². The van der Waals surface area contributed by atoms with Crippen molar-refractivity contribution in [3.05, 3.63) is 22.2 Å². The molecule has 0 bridgehead atoms. The van der Waals surface area contributed by atoms with Gasteiger partial charge in [-0.3, -0.25) is 4.99 Å². The Morgan fingerprint density at radius 3 is 3.00 bits per heavy atom. The zero-order valence-corrected chi connectivity index (χ0v) is 7.93. The molecule has 4 heteroatoms. The molecule has 12 heavy (non-hydrogen) atoms. The third-order valence-corrected chi connectivity index (χ3v) is 2.27. The summed E-state index contributed by atoms with van der Waals surface area (Å²) in [5.41, 5.74) is 6.45. The summed E-state index contributed by atoms with van der Waals surface area (Å²) in [6.07, 6.45) is 5.21. The second-order valence-electron chi connectivity index (χ2n) is 2.27. The molecule has 0 spiro atoms. The maximum absolute atomic E-state index is 5.73. The molecular weight excluding hydrogens is 170 g/mol. The normalized spacial score (nSPS) is 12.7. The van der Waals surface area contributed by atoms with Crippen molar-refractivity contribution in [2.45, 2.75) is 6.92 Å². The van der Waals surface area contributed by atoms with Crippen molar-refractivity contribution in [2.75, 3.05) is 7.05 Å².